The number of ether oxygens (including phenoxy) is 1. The average Bonchev–Trinajstić information content (AvgIpc) is 3.04. The van der Waals surface area contributed by atoms with Crippen LogP contribution >= 0.6 is 0 Å². The van der Waals surface area contributed by atoms with Gasteiger partial charge in [0.15, 0.2) is 5.78 Å². The van der Waals surface area contributed by atoms with Gasteiger partial charge in [0.25, 0.3) is 0 Å². The summed E-state index contributed by atoms with van der Waals surface area (Å²) in [6, 6.07) is 16.7. The number of methoxy groups -OCH3 is 1. The molecule has 1 aliphatic heterocycles. The highest BCUT2D eigenvalue weighted by atomic mass is 16.5. The summed E-state index contributed by atoms with van der Waals surface area (Å²) >= 11 is 0. The molecular formula is C17H16N2O2. The van der Waals surface area contributed by atoms with E-state index in [0.717, 1.165) is 5.56 Å². The Morgan fingerprint density at radius 1 is 1.14 bits per heavy atom. The summed E-state index contributed by atoms with van der Waals surface area (Å²) in [5, 5.41) is 8.24. The fourth-order valence-electron chi connectivity index (χ4n) is 2.57. The maximum Gasteiger partial charge on any atom is 0.190 e. The van der Waals surface area contributed by atoms with Gasteiger partial charge in [0.1, 0.15) is 11.8 Å². The van der Waals surface area contributed by atoms with Gasteiger partial charge in [0, 0.05) is 11.5 Å². The van der Waals surface area contributed by atoms with E-state index in [2.05, 4.69) is 10.2 Å². The van der Waals surface area contributed by atoms with Gasteiger partial charge in [-0.1, -0.05) is 42.5 Å². The lowest BCUT2D eigenvalue weighted by atomic mass is 9.88. The van der Waals surface area contributed by atoms with E-state index in [1.165, 1.54) is 0 Å². The molecule has 0 unspecified atom stereocenters. The molecule has 2 atom stereocenters. The molecule has 3 rings (SSSR count). The second-order valence-electron chi connectivity index (χ2n) is 5.00. The standard InChI is InChI=1S/C17H16N2O2/c1-21-14-9-5-8-13(10-14)17(20)16-15(11-18-19-16)12-6-3-2-4-7-12/h2-10,15-16H,11H2,1H3/t15-,16+/m0/s1. The predicted octanol–water partition coefficient (Wildman–Crippen LogP) is 3.50. The molecule has 0 saturated carbocycles. The van der Waals surface area contributed by atoms with Gasteiger partial charge in [-0.15, -0.1) is 0 Å². The molecule has 0 bridgehead atoms. The molecule has 106 valence electrons. The number of carbonyl (C=O) groups excluding carboxylic acids is 1. The minimum Gasteiger partial charge on any atom is -0.497 e. The number of nitrogens with zero attached hydrogens (tertiary/aromatic N) is 2. The van der Waals surface area contributed by atoms with Gasteiger partial charge in [-0.2, -0.15) is 10.2 Å². The number of carbonyl (C=O) groups is 1. The van der Waals surface area contributed by atoms with Crippen LogP contribution in [0, 0.1) is 0 Å². The van der Waals surface area contributed by atoms with Crippen molar-refractivity contribution < 1.29 is 9.53 Å². The Bertz CT molecular complexity index is 668. The summed E-state index contributed by atoms with van der Waals surface area (Å²) in [5.41, 5.74) is 1.71. The highest BCUT2D eigenvalue weighted by Crippen LogP contribution is 2.30. The van der Waals surface area contributed by atoms with Gasteiger partial charge >= 0.3 is 0 Å². The monoisotopic (exact) mass is 280 g/mol. The van der Waals surface area contributed by atoms with Crippen LogP contribution in [0.1, 0.15) is 21.8 Å². The van der Waals surface area contributed by atoms with Crippen LogP contribution in [0.2, 0.25) is 0 Å². The van der Waals surface area contributed by atoms with Crippen molar-refractivity contribution in [2.45, 2.75) is 12.0 Å². The number of hydrogen-bond acceptors (Lipinski definition) is 4. The van der Waals surface area contributed by atoms with Gasteiger partial charge < -0.3 is 4.74 Å². The zero-order chi connectivity index (χ0) is 14.7. The molecule has 0 radical (unpaired) electrons. The summed E-state index contributed by atoms with van der Waals surface area (Å²) in [6.45, 7) is 0.560. The van der Waals surface area contributed by atoms with Gasteiger partial charge in [-0.25, -0.2) is 0 Å². The summed E-state index contributed by atoms with van der Waals surface area (Å²) in [5.74, 6) is 0.681. The first-order valence-corrected chi connectivity index (χ1v) is 6.89. The molecule has 0 aliphatic carbocycles. The molecule has 0 aromatic heterocycles. The van der Waals surface area contributed by atoms with E-state index in [1.807, 2.05) is 42.5 Å². The fourth-order valence-corrected chi connectivity index (χ4v) is 2.57. The number of ketones is 1. The summed E-state index contributed by atoms with van der Waals surface area (Å²) in [4.78, 5) is 12.7. The molecule has 4 nitrogen and oxygen atoms in total. The quantitative estimate of drug-likeness (QED) is 0.805. The minimum atomic E-state index is -0.445. The third kappa shape index (κ3) is 2.70. The second kappa shape index (κ2) is 5.87. The Labute approximate surface area is 123 Å². The van der Waals surface area contributed by atoms with Crippen molar-refractivity contribution in [3.8, 4) is 5.75 Å². The first-order valence-electron chi connectivity index (χ1n) is 6.89. The van der Waals surface area contributed by atoms with E-state index in [4.69, 9.17) is 4.74 Å². The molecular weight excluding hydrogens is 264 g/mol. The maximum absolute atomic E-state index is 12.7. The Morgan fingerprint density at radius 2 is 1.95 bits per heavy atom. The molecule has 2 aromatic carbocycles. The van der Waals surface area contributed by atoms with E-state index < -0.39 is 6.04 Å². The van der Waals surface area contributed by atoms with E-state index in [0.29, 0.717) is 17.9 Å². The third-order valence-electron chi connectivity index (χ3n) is 3.72. The normalized spacial score (nSPS) is 20.4. The summed E-state index contributed by atoms with van der Waals surface area (Å²) < 4.78 is 5.17. The van der Waals surface area contributed by atoms with Crippen LogP contribution in [0.25, 0.3) is 0 Å². The highest BCUT2D eigenvalue weighted by molar-refractivity contribution is 6.01. The Balaban J connectivity index is 1.88. The molecule has 21 heavy (non-hydrogen) atoms. The number of rotatable bonds is 4. The molecule has 1 aliphatic rings. The van der Waals surface area contributed by atoms with Crippen molar-refractivity contribution >= 4 is 5.78 Å². The minimum absolute atomic E-state index is 0.0102. The van der Waals surface area contributed by atoms with Crippen molar-refractivity contribution in [3.05, 3.63) is 65.7 Å². The number of hydrogen-bond donors (Lipinski definition) is 0. The molecule has 0 amide bonds. The van der Waals surface area contributed by atoms with Gasteiger partial charge in [0.2, 0.25) is 0 Å². The van der Waals surface area contributed by atoms with E-state index >= 15 is 0 Å². The first-order chi connectivity index (χ1) is 10.3. The van der Waals surface area contributed by atoms with Crippen molar-refractivity contribution in [2.75, 3.05) is 13.7 Å². The highest BCUT2D eigenvalue weighted by Gasteiger charge is 2.33. The van der Waals surface area contributed by atoms with Crippen molar-refractivity contribution in [1.29, 1.82) is 0 Å². The maximum atomic E-state index is 12.7. The van der Waals surface area contributed by atoms with Crippen molar-refractivity contribution in [3.63, 3.8) is 0 Å². The number of azo groups is 1. The smallest absolute Gasteiger partial charge is 0.190 e. The Morgan fingerprint density at radius 3 is 2.71 bits per heavy atom. The molecule has 0 spiro atoms. The molecule has 0 N–H and O–H groups in total. The lowest BCUT2D eigenvalue weighted by Crippen LogP contribution is -2.24. The lowest BCUT2D eigenvalue weighted by Gasteiger charge is -2.16. The van der Waals surface area contributed by atoms with Gasteiger partial charge in [-0.3, -0.25) is 4.79 Å². The second-order valence-corrected chi connectivity index (χ2v) is 5.00. The van der Waals surface area contributed by atoms with E-state index in [1.54, 1.807) is 19.2 Å². The van der Waals surface area contributed by atoms with E-state index in [-0.39, 0.29) is 11.7 Å². The third-order valence-corrected chi connectivity index (χ3v) is 3.72. The van der Waals surface area contributed by atoms with Crippen LogP contribution < -0.4 is 4.74 Å². The van der Waals surface area contributed by atoms with Crippen LogP contribution in [0.15, 0.2) is 64.8 Å². The van der Waals surface area contributed by atoms with Crippen molar-refractivity contribution in [2.24, 2.45) is 10.2 Å². The van der Waals surface area contributed by atoms with Crippen LogP contribution in [0.3, 0.4) is 0 Å². The molecule has 0 saturated heterocycles. The van der Waals surface area contributed by atoms with Crippen molar-refractivity contribution in [1.82, 2.24) is 0 Å². The largest absolute Gasteiger partial charge is 0.497 e. The zero-order valence-corrected chi connectivity index (χ0v) is 11.8. The Hall–Kier alpha value is -2.49. The van der Waals surface area contributed by atoms with E-state index in [9.17, 15) is 4.79 Å². The molecule has 4 heteroatoms. The van der Waals surface area contributed by atoms with Crippen LogP contribution in [0.4, 0.5) is 0 Å². The molecule has 2 aromatic rings. The number of benzene rings is 2. The lowest BCUT2D eigenvalue weighted by molar-refractivity contribution is 0.0955. The fraction of sp³-hybridized carbons (Fsp3) is 0.235. The average molecular weight is 280 g/mol. The van der Waals surface area contributed by atoms with Crippen LogP contribution in [0.5, 0.6) is 5.75 Å². The van der Waals surface area contributed by atoms with Crippen LogP contribution in [-0.4, -0.2) is 25.5 Å². The topological polar surface area (TPSA) is 51.0 Å². The number of Topliss-reactive ketones (excluding diaryl/α,β-unsaturated/α-hetero) is 1. The zero-order valence-electron chi connectivity index (χ0n) is 11.8. The Kier molecular flexibility index (Phi) is 3.77. The first kappa shape index (κ1) is 13.5. The summed E-state index contributed by atoms with van der Waals surface area (Å²) in [7, 11) is 1.59. The van der Waals surface area contributed by atoms with Crippen LogP contribution in [-0.2, 0) is 0 Å². The van der Waals surface area contributed by atoms with Gasteiger partial charge in [0.05, 0.1) is 13.7 Å². The molecule has 0 fully saturated rings. The molecule has 1 heterocycles. The summed E-state index contributed by atoms with van der Waals surface area (Å²) in [6.07, 6.45) is 0. The SMILES string of the molecule is COc1cccc(C(=O)[C@@H]2N=NC[C@H]2c2ccccc2)c1. The predicted molar refractivity (Wildman–Crippen MR) is 80.0 cm³/mol. The van der Waals surface area contributed by atoms with Gasteiger partial charge in [-0.05, 0) is 17.7 Å².